The fraction of sp³-hybridized carbons (Fsp3) is 0.300. The van der Waals surface area contributed by atoms with E-state index in [1.807, 2.05) is 0 Å². The molecule has 0 aliphatic heterocycles. The fourth-order valence-corrected chi connectivity index (χ4v) is 2.06. The lowest BCUT2D eigenvalue weighted by molar-refractivity contribution is -0.136. The zero-order valence-electron chi connectivity index (χ0n) is 8.30. The van der Waals surface area contributed by atoms with Crippen molar-refractivity contribution in [3.05, 3.63) is 24.3 Å². The highest BCUT2D eigenvalue weighted by Gasteiger charge is 2.06. The van der Waals surface area contributed by atoms with Crippen molar-refractivity contribution < 1.29 is 18.8 Å². The second kappa shape index (κ2) is 5.50. The topological polar surface area (TPSA) is 63.6 Å². The third kappa shape index (κ3) is 3.71. The van der Waals surface area contributed by atoms with Gasteiger partial charge in [0.15, 0.2) is 0 Å². The molecule has 15 heavy (non-hydrogen) atoms. The lowest BCUT2D eigenvalue weighted by Crippen LogP contribution is -2.04. The van der Waals surface area contributed by atoms with Gasteiger partial charge in [0.25, 0.3) is 0 Å². The van der Waals surface area contributed by atoms with Crippen LogP contribution in [0, 0.1) is 0 Å². The molecule has 0 aliphatic rings. The van der Waals surface area contributed by atoms with Gasteiger partial charge in [0.05, 0.1) is 24.3 Å². The number of hydrogen-bond acceptors (Lipinski definition) is 3. The number of aliphatic carboxylic acids is 1. The number of methoxy groups -OCH3 is 1. The molecular formula is C10H12O4S. The molecule has 0 amide bonds. The van der Waals surface area contributed by atoms with Crippen LogP contribution in [0.4, 0.5) is 0 Å². The predicted octanol–water partition coefficient (Wildman–Crippen LogP) is 1.28. The van der Waals surface area contributed by atoms with Gasteiger partial charge in [0, 0.05) is 10.6 Å². The first kappa shape index (κ1) is 11.7. The molecule has 1 N–H and O–H groups in total. The Bertz CT molecular complexity index is 358. The molecule has 0 aromatic heterocycles. The molecule has 1 atom stereocenters. The van der Waals surface area contributed by atoms with E-state index in [2.05, 4.69) is 0 Å². The van der Waals surface area contributed by atoms with Gasteiger partial charge in [-0.05, 0) is 24.3 Å². The Morgan fingerprint density at radius 3 is 2.47 bits per heavy atom. The van der Waals surface area contributed by atoms with Crippen LogP contribution in [0.15, 0.2) is 29.2 Å². The number of ether oxygens (including phenoxy) is 1. The zero-order chi connectivity index (χ0) is 11.3. The normalized spacial score (nSPS) is 12.1. The minimum absolute atomic E-state index is 0.0847. The van der Waals surface area contributed by atoms with Gasteiger partial charge in [-0.15, -0.1) is 0 Å². The van der Waals surface area contributed by atoms with Crippen LogP contribution in [0.5, 0.6) is 5.75 Å². The minimum atomic E-state index is -1.25. The summed E-state index contributed by atoms with van der Waals surface area (Å²) in [6.45, 7) is 0. The quantitative estimate of drug-likeness (QED) is 0.824. The molecule has 1 unspecified atom stereocenters. The van der Waals surface area contributed by atoms with E-state index in [1.54, 1.807) is 31.4 Å². The maximum atomic E-state index is 11.6. The summed E-state index contributed by atoms with van der Waals surface area (Å²) in [5.41, 5.74) is 0. The van der Waals surface area contributed by atoms with Crippen molar-refractivity contribution in [2.45, 2.75) is 11.3 Å². The van der Waals surface area contributed by atoms with E-state index in [-0.39, 0.29) is 12.2 Å². The summed E-state index contributed by atoms with van der Waals surface area (Å²) in [5.74, 6) is -0.104. The third-order valence-corrected chi connectivity index (χ3v) is 3.20. The lowest BCUT2D eigenvalue weighted by atomic mass is 10.3. The molecule has 0 aliphatic carbocycles. The van der Waals surface area contributed by atoms with Crippen molar-refractivity contribution in [1.29, 1.82) is 0 Å². The van der Waals surface area contributed by atoms with E-state index in [9.17, 15) is 9.00 Å². The van der Waals surface area contributed by atoms with Crippen LogP contribution in [0.25, 0.3) is 0 Å². The van der Waals surface area contributed by atoms with Crippen LogP contribution in [0.2, 0.25) is 0 Å². The number of carboxylic acids is 1. The van der Waals surface area contributed by atoms with Crippen LogP contribution < -0.4 is 4.74 Å². The molecule has 0 fully saturated rings. The maximum absolute atomic E-state index is 11.6. The molecule has 0 bridgehead atoms. The molecule has 1 rings (SSSR count). The van der Waals surface area contributed by atoms with Crippen molar-refractivity contribution in [2.75, 3.05) is 12.9 Å². The summed E-state index contributed by atoms with van der Waals surface area (Å²) in [6, 6.07) is 6.76. The summed E-state index contributed by atoms with van der Waals surface area (Å²) in [4.78, 5) is 10.9. The molecule has 1 aromatic carbocycles. The fourth-order valence-electron chi connectivity index (χ4n) is 1.03. The molecular weight excluding hydrogens is 216 g/mol. The largest absolute Gasteiger partial charge is 0.497 e. The Hall–Kier alpha value is -1.36. The Morgan fingerprint density at radius 1 is 1.40 bits per heavy atom. The molecule has 0 radical (unpaired) electrons. The van der Waals surface area contributed by atoms with E-state index in [1.165, 1.54) is 0 Å². The van der Waals surface area contributed by atoms with E-state index in [0.717, 1.165) is 0 Å². The number of hydrogen-bond donors (Lipinski definition) is 1. The van der Waals surface area contributed by atoms with Gasteiger partial charge in [-0.25, -0.2) is 0 Å². The molecule has 0 saturated heterocycles. The minimum Gasteiger partial charge on any atom is -0.497 e. The van der Waals surface area contributed by atoms with E-state index in [4.69, 9.17) is 9.84 Å². The van der Waals surface area contributed by atoms with Gasteiger partial charge >= 0.3 is 5.97 Å². The maximum Gasteiger partial charge on any atom is 0.304 e. The molecule has 1 aromatic rings. The van der Waals surface area contributed by atoms with Gasteiger partial charge in [0.1, 0.15) is 5.75 Å². The first-order chi connectivity index (χ1) is 7.13. The van der Waals surface area contributed by atoms with Gasteiger partial charge in [0.2, 0.25) is 0 Å². The van der Waals surface area contributed by atoms with Crippen molar-refractivity contribution in [3.63, 3.8) is 0 Å². The second-order valence-corrected chi connectivity index (χ2v) is 4.44. The van der Waals surface area contributed by atoms with Crippen molar-refractivity contribution in [3.8, 4) is 5.75 Å². The molecule has 4 nitrogen and oxygen atoms in total. The highest BCUT2D eigenvalue weighted by Crippen LogP contribution is 2.14. The van der Waals surface area contributed by atoms with Gasteiger partial charge in [-0.3, -0.25) is 9.00 Å². The third-order valence-electron chi connectivity index (χ3n) is 1.82. The van der Waals surface area contributed by atoms with E-state index < -0.39 is 16.8 Å². The van der Waals surface area contributed by atoms with Crippen LogP contribution in [-0.2, 0) is 15.6 Å². The summed E-state index contributed by atoms with van der Waals surface area (Å²) in [7, 11) is 0.301. The predicted molar refractivity (Wildman–Crippen MR) is 56.5 cm³/mol. The van der Waals surface area contributed by atoms with Gasteiger partial charge in [-0.2, -0.15) is 0 Å². The standard InChI is InChI=1S/C10H12O4S/c1-14-8-2-4-9(5-3-8)15(13)7-6-10(11)12/h2-5H,6-7H2,1H3,(H,11,12). The molecule has 0 saturated carbocycles. The lowest BCUT2D eigenvalue weighted by Gasteiger charge is -2.02. The van der Waals surface area contributed by atoms with E-state index in [0.29, 0.717) is 10.6 Å². The summed E-state index contributed by atoms with van der Waals surface area (Å²) >= 11 is 0. The Kier molecular flexibility index (Phi) is 4.30. The van der Waals surface area contributed by atoms with Gasteiger partial charge < -0.3 is 9.84 Å². The highest BCUT2D eigenvalue weighted by atomic mass is 32.2. The molecule has 0 spiro atoms. The number of rotatable bonds is 5. The first-order valence-corrected chi connectivity index (χ1v) is 5.69. The molecule has 5 heteroatoms. The second-order valence-electron chi connectivity index (χ2n) is 2.87. The summed E-state index contributed by atoms with van der Waals surface area (Å²) in [6.07, 6.45) is -0.0847. The monoisotopic (exact) mass is 228 g/mol. The average Bonchev–Trinajstić information content (AvgIpc) is 2.26. The number of benzene rings is 1. The van der Waals surface area contributed by atoms with Crippen LogP contribution in [0.3, 0.4) is 0 Å². The molecule has 0 heterocycles. The summed E-state index contributed by atoms with van der Waals surface area (Å²) < 4.78 is 16.5. The number of carbonyl (C=O) groups is 1. The Morgan fingerprint density at radius 2 is 2.00 bits per heavy atom. The first-order valence-electron chi connectivity index (χ1n) is 4.37. The number of carboxylic acid groups (broad SMARTS) is 1. The SMILES string of the molecule is COc1ccc(S(=O)CCC(=O)O)cc1. The summed E-state index contributed by atoms with van der Waals surface area (Å²) in [5, 5.41) is 8.44. The van der Waals surface area contributed by atoms with Crippen LogP contribution in [-0.4, -0.2) is 28.1 Å². The smallest absolute Gasteiger partial charge is 0.304 e. The van der Waals surface area contributed by atoms with Crippen molar-refractivity contribution >= 4 is 16.8 Å². The van der Waals surface area contributed by atoms with Crippen molar-refractivity contribution in [2.24, 2.45) is 0 Å². The molecule has 82 valence electrons. The Balaban J connectivity index is 2.62. The van der Waals surface area contributed by atoms with Crippen LogP contribution in [0.1, 0.15) is 6.42 Å². The highest BCUT2D eigenvalue weighted by molar-refractivity contribution is 7.85. The van der Waals surface area contributed by atoms with Crippen LogP contribution >= 0.6 is 0 Å². The average molecular weight is 228 g/mol. The van der Waals surface area contributed by atoms with E-state index >= 15 is 0 Å². The zero-order valence-corrected chi connectivity index (χ0v) is 9.12. The van der Waals surface area contributed by atoms with Crippen molar-refractivity contribution in [1.82, 2.24) is 0 Å². The Labute approximate surface area is 90.3 Å². The van der Waals surface area contributed by atoms with Gasteiger partial charge in [-0.1, -0.05) is 0 Å².